The quantitative estimate of drug-likeness (QED) is 0.596. The molecule has 0 aliphatic rings. The fraction of sp³-hybridized carbons (Fsp3) is 0.333. The van der Waals surface area contributed by atoms with Crippen molar-refractivity contribution in [2.75, 3.05) is 11.9 Å². The number of aryl methyl sites for hydroxylation is 3. The predicted octanol–water partition coefficient (Wildman–Crippen LogP) is 4.72. The van der Waals surface area contributed by atoms with Crippen molar-refractivity contribution in [2.24, 2.45) is 5.92 Å². The summed E-state index contributed by atoms with van der Waals surface area (Å²) in [4.78, 5) is 24.3. The molecular weight excluding hydrogens is 364 g/mol. The zero-order valence-electron chi connectivity index (χ0n) is 17.7. The minimum Gasteiger partial charge on any atom is -0.422 e. The second kappa shape index (κ2) is 8.52. The molecule has 0 spiro atoms. The molecule has 1 amide bonds. The lowest BCUT2D eigenvalue weighted by molar-refractivity contribution is 0.0949. The summed E-state index contributed by atoms with van der Waals surface area (Å²) in [7, 11) is 0. The number of rotatable bonds is 6. The van der Waals surface area contributed by atoms with E-state index in [0.717, 1.165) is 33.3 Å². The molecule has 0 aliphatic carbocycles. The Labute approximate surface area is 171 Å². The van der Waals surface area contributed by atoms with E-state index in [0.29, 0.717) is 30.2 Å². The number of hydrogen-bond acceptors (Lipinski definition) is 4. The van der Waals surface area contributed by atoms with Gasteiger partial charge in [0.25, 0.3) is 5.91 Å². The van der Waals surface area contributed by atoms with Gasteiger partial charge in [-0.1, -0.05) is 26.0 Å². The lowest BCUT2D eigenvalue weighted by atomic mass is 10.0. The SMILES string of the molecule is Cc1cc(C(=O)NCC(C)C)ccc1NCc1cc(=O)oc2c(C)c(C)ccc12. The molecule has 0 saturated heterocycles. The highest BCUT2D eigenvalue weighted by Gasteiger charge is 2.11. The number of anilines is 1. The summed E-state index contributed by atoms with van der Waals surface area (Å²) in [6.07, 6.45) is 0. The molecule has 3 aromatic rings. The van der Waals surface area contributed by atoms with Crippen molar-refractivity contribution < 1.29 is 9.21 Å². The molecule has 152 valence electrons. The Morgan fingerprint density at radius 3 is 2.48 bits per heavy atom. The Morgan fingerprint density at radius 1 is 1.03 bits per heavy atom. The van der Waals surface area contributed by atoms with Crippen molar-refractivity contribution in [3.05, 3.63) is 74.6 Å². The number of carbonyl (C=O) groups excluding carboxylic acids is 1. The van der Waals surface area contributed by atoms with Gasteiger partial charge in [0.05, 0.1) is 0 Å². The first-order valence-electron chi connectivity index (χ1n) is 9.92. The van der Waals surface area contributed by atoms with Crippen molar-refractivity contribution in [1.82, 2.24) is 5.32 Å². The van der Waals surface area contributed by atoms with Gasteiger partial charge in [-0.25, -0.2) is 4.79 Å². The Bertz CT molecular complexity index is 1110. The molecule has 2 N–H and O–H groups in total. The van der Waals surface area contributed by atoms with E-state index in [9.17, 15) is 9.59 Å². The van der Waals surface area contributed by atoms with E-state index in [4.69, 9.17) is 4.42 Å². The average molecular weight is 392 g/mol. The van der Waals surface area contributed by atoms with Crippen molar-refractivity contribution >= 4 is 22.6 Å². The minimum atomic E-state index is -0.350. The van der Waals surface area contributed by atoms with Gasteiger partial charge in [0.2, 0.25) is 0 Å². The highest BCUT2D eigenvalue weighted by Crippen LogP contribution is 2.24. The van der Waals surface area contributed by atoms with Crippen LogP contribution in [0.15, 0.2) is 45.6 Å². The molecule has 2 aromatic carbocycles. The summed E-state index contributed by atoms with van der Waals surface area (Å²) >= 11 is 0. The normalized spacial score (nSPS) is 11.1. The molecule has 0 bridgehead atoms. The third-order valence-electron chi connectivity index (χ3n) is 5.15. The number of hydrogen-bond donors (Lipinski definition) is 2. The molecule has 0 fully saturated rings. The van der Waals surface area contributed by atoms with Gasteiger partial charge in [-0.05, 0) is 67.1 Å². The van der Waals surface area contributed by atoms with Gasteiger partial charge in [-0.3, -0.25) is 4.79 Å². The molecule has 0 aliphatic heterocycles. The first-order valence-corrected chi connectivity index (χ1v) is 9.92. The van der Waals surface area contributed by atoms with Crippen LogP contribution in [-0.2, 0) is 6.54 Å². The monoisotopic (exact) mass is 392 g/mol. The van der Waals surface area contributed by atoms with E-state index in [1.54, 1.807) is 0 Å². The summed E-state index contributed by atoms with van der Waals surface area (Å²) in [6.45, 7) is 11.2. The van der Waals surface area contributed by atoms with Crippen molar-refractivity contribution in [3.8, 4) is 0 Å². The van der Waals surface area contributed by atoms with Crippen LogP contribution in [0, 0.1) is 26.7 Å². The molecule has 0 unspecified atom stereocenters. The smallest absolute Gasteiger partial charge is 0.336 e. The van der Waals surface area contributed by atoms with Gasteiger partial charge in [-0.2, -0.15) is 0 Å². The molecule has 0 saturated carbocycles. The minimum absolute atomic E-state index is 0.0640. The van der Waals surface area contributed by atoms with Crippen LogP contribution in [0.1, 0.15) is 46.5 Å². The third kappa shape index (κ3) is 4.67. The summed E-state index contributed by atoms with van der Waals surface area (Å²) in [5, 5.41) is 7.25. The van der Waals surface area contributed by atoms with Gasteiger partial charge in [0, 0.05) is 35.8 Å². The Morgan fingerprint density at radius 2 is 1.79 bits per heavy atom. The maximum Gasteiger partial charge on any atom is 0.336 e. The number of fused-ring (bicyclic) bond motifs is 1. The summed E-state index contributed by atoms with van der Waals surface area (Å²) in [6, 6.07) is 11.2. The number of carbonyl (C=O) groups is 1. The lowest BCUT2D eigenvalue weighted by Crippen LogP contribution is -2.27. The van der Waals surface area contributed by atoms with E-state index < -0.39 is 0 Å². The standard InChI is InChI=1S/C24H28N2O3/c1-14(2)12-26-24(28)18-7-9-21(16(4)10-18)25-13-19-11-22(27)29-23-17(5)15(3)6-8-20(19)23/h6-11,14,25H,12-13H2,1-5H3,(H,26,28). The molecule has 5 heteroatoms. The Balaban J connectivity index is 1.81. The molecule has 29 heavy (non-hydrogen) atoms. The Hall–Kier alpha value is -3.08. The second-order valence-corrected chi connectivity index (χ2v) is 7.96. The van der Waals surface area contributed by atoms with Crippen LogP contribution in [0.2, 0.25) is 0 Å². The van der Waals surface area contributed by atoms with Gasteiger partial charge >= 0.3 is 5.63 Å². The first kappa shape index (κ1) is 20.6. The number of benzene rings is 2. The predicted molar refractivity (Wildman–Crippen MR) is 118 cm³/mol. The summed E-state index contributed by atoms with van der Waals surface area (Å²) in [5.74, 6) is 0.345. The van der Waals surface area contributed by atoms with Crippen LogP contribution in [0.3, 0.4) is 0 Å². The lowest BCUT2D eigenvalue weighted by Gasteiger charge is -2.14. The van der Waals surface area contributed by atoms with E-state index in [1.165, 1.54) is 6.07 Å². The summed E-state index contributed by atoms with van der Waals surface area (Å²) in [5.41, 5.74) is 5.79. The van der Waals surface area contributed by atoms with Crippen molar-refractivity contribution in [2.45, 2.75) is 41.2 Å². The Kier molecular flexibility index (Phi) is 6.06. The van der Waals surface area contributed by atoms with Crippen LogP contribution in [-0.4, -0.2) is 12.5 Å². The van der Waals surface area contributed by atoms with Gasteiger partial charge in [0.15, 0.2) is 0 Å². The fourth-order valence-electron chi connectivity index (χ4n) is 3.26. The molecule has 5 nitrogen and oxygen atoms in total. The van der Waals surface area contributed by atoms with E-state index in [1.807, 2.05) is 51.1 Å². The van der Waals surface area contributed by atoms with Crippen molar-refractivity contribution in [3.63, 3.8) is 0 Å². The highest BCUT2D eigenvalue weighted by atomic mass is 16.4. The van der Waals surface area contributed by atoms with E-state index in [2.05, 4.69) is 24.5 Å². The largest absolute Gasteiger partial charge is 0.422 e. The maximum absolute atomic E-state index is 12.3. The number of nitrogens with one attached hydrogen (secondary N) is 2. The van der Waals surface area contributed by atoms with Crippen LogP contribution in [0.25, 0.3) is 11.0 Å². The van der Waals surface area contributed by atoms with E-state index in [-0.39, 0.29) is 11.5 Å². The molecule has 1 aromatic heterocycles. The zero-order valence-corrected chi connectivity index (χ0v) is 17.7. The highest BCUT2D eigenvalue weighted by molar-refractivity contribution is 5.95. The molecule has 0 radical (unpaired) electrons. The average Bonchev–Trinajstić information content (AvgIpc) is 2.68. The zero-order chi connectivity index (χ0) is 21.1. The van der Waals surface area contributed by atoms with Gasteiger partial charge < -0.3 is 15.1 Å². The van der Waals surface area contributed by atoms with Gasteiger partial charge in [0.1, 0.15) is 5.58 Å². The third-order valence-corrected chi connectivity index (χ3v) is 5.15. The molecule has 3 rings (SSSR count). The van der Waals surface area contributed by atoms with Crippen molar-refractivity contribution in [1.29, 1.82) is 0 Å². The second-order valence-electron chi connectivity index (χ2n) is 7.96. The molecule has 0 atom stereocenters. The number of amides is 1. The van der Waals surface area contributed by atoms with E-state index >= 15 is 0 Å². The molecule has 1 heterocycles. The maximum atomic E-state index is 12.3. The molecular formula is C24H28N2O3. The fourth-order valence-corrected chi connectivity index (χ4v) is 3.26. The first-order chi connectivity index (χ1) is 13.8. The topological polar surface area (TPSA) is 71.3 Å². The van der Waals surface area contributed by atoms with Gasteiger partial charge in [-0.15, -0.1) is 0 Å². The van der Waals surface area contributed by atoms with Crippen LogP contribution in [0.5, 0.6) is 0 Å². The van der Waals surface area contributed by atoms with Crippen LogP contribution < -0.4 is 16.3 Å². The van der Waals surface area contributed by atoms with Crippen LogP contribution in [0.4, 0.5) is 5.69 Å². The summed E-state index contributed by atoms with van der Waals surface area (Å²) < 4.78 is 5.44. The van der Waals surface area contributed by atoms with Crippen LogP contribution >= 0.6 is 0 Å².